The molecule has 0 N–H and O–H groups in total. The number of aromatic nitrogens is 1. The Morgan fingerprint density at radius 3 is 1.80 bits per heavy atom. The largest absolute Gasteiger partial charge is 0.310 e. The van der Waals surface area contributed by atoms with Crippen molar-refractivity contribution < 1.29 is 0 Å². The maximum Gasteiger partial charge on any atom is 0.0723 e. The van der Waals surface area contributed by atoms with Gasteiger partial charge in [-0.1, -0.05) is 195 Å². The standard InChI is InChI=1S/C59H44N2/c1-40-34-56-58(53-32-28-47(38-54(40)53)42-16-6-2-7-17-42)57-52-25-15-14-22-45(52)29-33-55(57)61(56)51-30-26-41(27-31-51)39-60-59(46-23-12-5-13-24-46)50-36-48(43-18-8-3-9-19-43)35-49(37-50)44-20-10-4-11-21-44/h2-38,40,54H,39H2,1H3. The maximum atomic E-state index is 5.42. The third-order valence-electron chi connectivity index (χ3n) is 12.5. The van der Waals surface area contributed by atoms with Crippen LogP contribution in [0.4, 0.5) is 0 Å². The summed E-state index contributed by atoms with van der Waals surface area (Å²) in [6, 6.07) is 72.1. The van der Waals surface area contributed by atoms with Gasteiger partial charge < -0.3 is 4.57 Å². The number of fused-ring (bicyclic) bond motifs is 6. The molecule has 2 unspecified atom stereocenters. The molecule has 290 valence electrons. The first kappa shape index (κ1) is 36.5. The van der Waals surface area contributed by atoms with Crippen molar-refractivity contribution in [3.8, 4) is 27.9 Å². The van der Waals surface area contributed by atoms with Crippen LogP contribution in [0.15, 0.2) is 223 Å². The highest BCUT2D eigenvalue weighted by atomic mass is 15.0. The van der Waals surface area contributed by atoms with E-state index < -0.39 is 0 Å². The normalized spacial score (nSPS) is 15.9. The van der Waals surface area contributed by atoms with Gasteiger partial charge in [0.05, 0.1) is 23.1 Å². The van der Waals surface area contributed by atoms with E-state index in [0.717, 1.165) is 28.1 Å². The molecule has 2 heteroatoms. The summed E-state index contributed by atoms with van der Waals surface area (Å²) in [5.41, 5.74) is 15.4. The molecule has 1 heterocycles. The maximum absolute atomic E-state index is 5.42. The molecule has 2 nitrogen and oxygen atoms in total. The second-order valence-corrected chi connectivity index (χ2v) is 16.3. The Labute approximate surface area is 357 Å². The Bertz CT molecular complexity index is 3240. The fraction of sp³-hybridized carbons (Fsp3) is 0.0678. The average molecular weight is 781 g/mol. The van der Waals surface area contributed by atoms with Gasteiger partial charge in [0, 0.05) is 33.3 Å². The monoisotopic (exact) mass is 780 g/mol. The molecule has 0 fully saturated rings. The van der Waals surface area contributed by atoms with Crippen molar-refractivity contribution in [2.75, 3.05) is 0 Å². The van der Waals surface area contributed by atoms with Gasteiger partial charge in [0.15, 0.2) is 0 Å². The molecule has 11 rings (SSSR count). The molecule has 0 saturated carbocycles. The van der Waals surface area contributed by atoms with Gasteiger partial charge >= 0.3 is 0 Å². The fourth-order valence-electron chi connectivity index (χ4n) is 9.52. The third-order valence-corrected chi connectivity index (χ3v) is 12.5. The minimum atomic E-state index is 0.293. The molecule has 2 aliphatic carbocycles. The molecule has 0 radical (unpaired) electrons. The van der Waals surface area contributed by atoms with Gasteiger partial charge in [-0.3, -0.25) is 4.99 Å². The number of aliphatic imine (C=N–C) groups is 1. The van der Waals surface area contributed by atoms with Crippen LogP contribution in [0, 0.1) is 11.8 Å². The molecular formula is C59H44N2. The van der Waals surface area contributed by atoms with Crippen LogP contribution in [0.5, 0.6) is 0 Å². The van der Waals surface area contributed by atoms with Crippen LogP contribution in [0.25, 0.3) is 66.8 Å². The third kappa shape index (κ3) is 6.77. The van der Waals surface area contributed by atoms with Crippen LogP contribution in [-0.4, -0.2) is 10.3 Å². The lowest BCUT2D eigenvalue weighted by Crippen LogP contribution is -2.38. The minimum Gasteiger partial charge on any atom is -0.310 e. The van der Waals surface area contributed by atoms with Crippen LogP contribution < -0.4 is 10.6 Å². The van der Waals surface area contributed by atoms with Gasteiger partial charge in [-0.05, 0) is 97.6 Å². The molecule has 1 aromatic heterocycles. The average Bonchev–Trinajstić information content (AvgIpc) is 3.67. The fourth-order valence-corrected chi connectivity index (χ4v) is 9.52. The van der Waals surface area contributed by atoms with E-state index in [2.05, 4.69) is 236 Å². The number of hydrogen-bond acceptors (Lipinski definition) is 1. The highest BCUT2D eigenvalue weighted by molar-refractivity contribution is 6.14. The van der Waals surface area contributed by atoms with E-state index in [1.54, 1.807) is 0 Å². The van der Waals surface area contributed by atoms with E-state index >= 15 is 0 Å². The lowest BCUT2D eigenvalue weighted by Gasteiger charge is -2.27. The molecule has 0 bridgehead atoms. The molecule has 61 heavy (non-hydrogen) atoms. The van der Waals surface area contributed by atoms with E-state index in [-0.39, 0.29) is 0 Å². The summed E-state index contributed by atoms with van der Waals surface area (Å²) in [6.07, 6.45) is 9.71. The Balaban J connectivity index is 1.02. The van der Waals surface area contributed by atoms with E-state index in [4.69, 9.17) is 4.99 Å². The molecule has 0 spiro atoms. The molecule has 0 aliphatic heterocycles. The highest BCUT2D eigenvalue weighted by Gasteiger charge is 2.28. The molecule has 0 amide bonds. The smallest absolute Gasteiger partial charge is 0.0723 e. The summed E-state index contributed by atoms with van der Waals surface area (Å²) in [4.78, 5) is 5.42. The van der Waals surface area contributed by atoms with E-state index in [1.165, 1.54) is 71.2 Å². The van der Waals surface area contributed by atoms with Crippen molar-refractivity contribution in [1.82, 2.24) is 4.57 Å². The van der Waals surface area contributed by atoms with E-state index in [9.17, 15) is 0 Å². The van der Waals surface area contributed by atoms with Crippen molar-refractivity contribution in [3.05, 3.63) is 251 Å². The van der Waals surface area contributed by atoms with E-state index in [1.807, 2.05) is 0 Å². The van der Waals surface area contributed by atoms with Crippen LogP contribution in [0.3, 0.4) is 0 Å². The topological polar surface area (TPSA) is 17.3 Å². The summed E-state index contributed by atoms with van der Waals surface area (Å²) in [7, 11) is 0. The van der Waals surface area contributed by atoms with Gasteiger partial charge in [0.25, 0.3) is 0 Å². The predicted molar refractivity (Wildman–Crippen MR) is 257 cm³/mol. The molecule has 0 saturated heterocycles. The number of allylic oxidation sites excluding steroid dienone is 4. The van der Waals surface area contributed by atoms with Gasteiger partial charge in [0.2, 0.25) is 0 Å². The Morgan fingerprint density at radius 2 is 1.13 bits per heavy atom. The van der Waals surface area contributed by atoms with Crippen molar-refractivity contribution in [2.45, 2.75) is 13.5 Å². The molecular weight excluding hydrogens is 737 g/mol. The highest BCUT2D eigenvalue weighted by Crippen LogP contribution is 2.37. The number of rotatable bonds is 8. The molecule has 2 aliphatic rings. The van der Waals surface area contributed by atoms with Gasteiger partial charge in [-0.25, -0.2) is 0 Å². The van der Waals surface area contributed by atoms with Crippen LogP contribution in [0.2, 0.25) is 0 Å². The van der Waals surface area contributed by atoms with Crippen molar-refractivity contribution in [1.29, 1.82) is 0 Å². The summed E-state index contributed by atoms with van der Waals surface area (Å²) < 4.78 is 2.49. The zero-order valence-corrected chi connectivity index (χ0v) is 34.1. The van der Waals surface area contributed by atoms with Crippen molar-refractivity contribution in [3.63, 3.8) is 0 Å². The van der Waals surface area contributed by atoms with Gasteiger partial charge in [0.1, 0.15) is 0 Å². The quantitative estimate of drug-likeness (QED) is 0.137. The second kappa shape index (κ2) is 15.6. The number of hydrogen-bond donors (Lipinski definition) is 0. The van der Waals surface area contributed by atoms with Crippen molar-refractivity contribution in [2.24, 2.45) is 16.8 Å². The first-order valence-corrected chi connectivity index (χ1v) is 21.4. The summed E-state index contributed by atoms with van der Waals surface area (Å²) in [5.74, 6) is 0.621. The van der Waals surface area contributed by atoms with Crippen LogP contribution in [0.1, 0.15) is 29.2 Å². The zero-order valence-electron chi connectivity index (χ0n) is 34.1. The summed E-state index contributed by atoms with van der Waals surface area (Å²) >= 11 is 0. The first-order valence-electron chi connectivity index (χ1n) is 21.4. The van der Waals surface area contributed by atoms with E-state index in [0.29, 0.717) is 18.4 Å². The molecule has 8 aromatic carbocycles. The van der Waals surface area contributed by atoms with Crippen LogP contribution in [-0.2, 0) is 6.54 Å². The first-order chi connectivity index (χ1) is 30.2. The second-order valence-electron chi connectivity index (χ2n) is 16.3. The number of benzene rings is 8. The Kier molecular flexibility index (Phi) is 9.32. The lowest BCUT2D eigenvalue weighted by atomic mass is 9.77. The summed E-state index contributed by atoms with van der Waals surface area (Å²) in [5, 5.41) is 6.51. The SMILES string of the molecule is CC1C=c2c(c3c4ccccc4ccc3n2-c2ccc(CN=C(c3ccccc3)c3cc(-c4ccccc4)cc(-c4ccccc4)c3)cc2)=C2C=CC(c3ccccc3)=CC21. The minimum absolute atomic E-state index is 0.293. The van der Waals surface area contributed by atoms with Crippen LogP contribution >= 0.6 is 0 Å². The molecule has 2 atom stereocenters. The van der Waals surface area contributed by atoms with Crippen molar-refractivity contribution >= 4 is 44.6 Å². The lowest BCUT2D eigenvalue weighted by molar-refractivity contribution is 0.648. The van der Waals surface area contributed by atoms with Gasteiger partial charge in [-0.2, -0.15) is 0 Å². The Hall–Kier alpha value is -7.55. The zero-order chi connectivity index (χ0) is 40.7. The summed E-state index contributed by atoms with van der Waals surface area (Å²) in [6.45, 7) is 2.93. The molecule has 9 aromatic rings. The van der Waals surface area contributed by atoms with Gasteiger partial charge in [-0.15, -0.1) is 0 Å². The Morgan fingerprint density at radius 1 is 0.525 bits per heavy atom. The number of nitrogens with zero attached hydrogens (tertiary/aromatic N) is 2. The predicted octanol–water partition coefficient (Wildman–Crippen LogP) is 13.0.